The van der Waals surface area contributed by atoms with Gasteiger partial charge in [-0.2, -0.15) is 52.7 Å². The minimum Gasteiger partial charge on any atom is -0.504 e. The van der Waals surface area contributed by atoms with E-state index in [4.69, 9.17) is 20.4 Å². The first-order chi connectivity index (χ1) is 27.6. The van der Waals surface area contributed by atoms with Crippen LogP contribution in [-0.2, 0) is 25.8 Å². The van der Waals surface area contributed by atoms with Crippen molar-refractivity contribution in [2.24, 2.45) is 0 Å². The standard InChI is InChI=1S/4C10H7F3O2.Hf/c4*11-10(12,13)9(15)6-8(14)7-4-2-1-3-5-7;/h4*1-6,15H;/b4*9-6-;. The van der Waals surface area contributed by atoms with E-state index in [0.717, 1.165) is 0 Å². The summed E-state index contributed by atoms with van der Waals surface area (Å²) in [5, 5.41) is 34.1. The topological polar surface area (TPSA) is 149 Å². The van der Waals surface area contributed by atoms with Crippen LogP contribution in [0.3, 0.4) is 0 Å². The smallest absolute Gasteiger partial charge is 0.448 e. The second-order valence-corrected chi connectivity index (χ2v) is 11.0. The third-order valence-electron chi connectivity index (χ3n) is 6.47. The number of allylic oxidation sites excluding steroid dienone is 8. The zero-order chi connectivity index (χ0) is 45.9. The van der Waals surface area contributed by atoms with Crippen LogP contribution < -0.4 is 0 Å². The van der Waals surface area contributed by atoms with Gasteiger partial charge in [-0.3, -0.25) is 19.2 Å². The van der Waals surface area contributed by atoms with Crippen LogP contribution in [0.25, 0.3) is 0 Å². The monoisotopic (exact) mass is 1040 g/mol. The number of hydrogen-bond acceptors (Lipinski definition) is 8. The van der Waals surface area contributed by atoms with Crippen LogP contribution in [0.1, 0.15) is 41.4 Å². The van der Waals surface area contributed by atoms with Crippen molar-refractivity contribution in [1.29, 1.82) is 0 Å². The number of benzene rings is 4. The zero-order valence-electron chi connectivity index (χ0n) is 30.3. The fourth-order valence-corrected chi connectivity index (χ4v) is 3.57. The van der Waals surface area contributed by atoms with Crippen molar-refractivity contribution in [2.45, 2.75) is 24.7 Å². The Bertz CT molecular complexity index is 1830. The fraction of sp³-hybridized carbons (Fsp3) is 0.100. The molecule has 0 amide bonds. The van der Waals surface area contributed by atoms with Crippen molar-refractivity contribution in [1.82, 2.24) is 0 Å². The molecule has 4 aromatic carbocycles. The molecule has 0 aliphatic heterocycles. The maximum absolute atomic E-state index is 11.9. The van der Waals surface area contributed by atoms with Crippen molar-refractivity contribution >= 4 is 23.1 Å². The molecule has 0 fully saturated rings. The van der Waals surface area contributed by atoms with Gasteiger partial charge in [-0.05, 0) is 0 Å². The van der Waals surface area contributed by atoms with Crippen molar-refractivity contribution < 1.29 is 118 Å². The molecule has 0 spiro atoms. The summed E-state index contributed by atoms with van der Waals surface area (Å²) < 4.78 is 142. The summed E-state index contributed by atoms with van der Waals surface area (Å²) in [6.07, 6.45) is -18.9. The van der Waals surface area contributed by atoms with Gasteiger partial charge in [-0.25, -0.2) is 0 Å². The van der Waals surface area contributed by atoms with Gasteiger partial charge < -0.3 is 20.4 Å². The molecule has 0 saturated carbocycles. The molecule has 0 saturated heterocycles. The molecule has 0 unspecified atom stereocenters. The van der Waals surface area contributed by atoms with E-state index in [1.165, 1.54) is 97.1 Å². The van der Waals surface area contributed by atoms with Crippen molar-refractivity contribution in [3.8, 4) is 0 Å². The summed E-state index contributed by atoms with van der Waals surface area (Å²) in [5.74, 6) is -11.1. The third kappa shape index (κ3) is 21.5. The molecule has 0 atom stereocenters. The van der Waals surface area contributed by atoms with E-state index in [-0.39, 0.29) is 72.4 Å². The number of alkyl halides is 12. The van der Waals surface area contributed by atoms with Crippen LogP contribution in [0.15, 0.2) is 169 Å². The second-order valence-electron chi connectivity index (χ2n) is 11.0. The number of carbonyl (C=O) groups is 4. The van der Waals surface area contributed by atoms with E-state index in [2.05, 4.69) is 0 Å². The number of halogens is 12. The molecule has 21 heteroatoms. The molecule has 0 aromatic heterocycles. The van der Waals surface area contributed by atoms with Gasteiger partial charge in [0.15, 0.2) is 23.1 Å². The van der Waals surface area contributed by atoms with E-state index < -0.39 is 70.9 Å². The minimum absolute atomic E-state index is 0. The molecule has 324 valence electrons. The van der Waals surface area contributed by atoms with Gasteiger partial charge >= 0.3 is 24.7 Å². The first-order valence-corrected chi connectivity index (χ1v) is 15.9. The van der Waals surface area contributed by atoms with Crippen LogP contribution in [-0.4, -0.2) is 68.3 Å². The maximum Gasteiger partial charge on any atom is 0.448 e. The minimum atomic E-state index is -4.88. The van der Waals surface area contributed by atoms with Gasteiger partial charge in [-0.15, -0.1) is 0 Å². The van der Waals surface area contributed by atoms with Gasteiger partial charge in [-0.1, -0.05) is 121 Å². The summed E-state index contributed by atoms with van der Waals surface area (Å²) >= 11 is 0. The van der Waals surface area contributed by atoms with E-state index >= 15 is 0 Å². The van der Waals surface area contributed by atoms with Crippen LogP contribution in [0.5, 0.6) is 0 Å². The van der Waals surface area contributed by atoms with Crippen LogP contribution in [0.4, 0.5) is 52.7 Å². The molecule has 0 aliphatic carbocycles. The number of aliphatic hydroxyl groups is 4. The molecule has 61 heavy (non-hydrogen) atoms. The molecule has 4 rings (SSSR count). The van der Waals surface area contributed by atoms with E-state index in [1.807, 2.05) is 0 Å². The van der Waals surface area contributed by atoms with Crippen LogP contribution in [0, 0.1) is 0 Å². The summed E-state index contributed by atoms with van der Waals surface area (Å²) in [6.45, 7) is 0. The first kappa shape index (κ1) is 54.8. The maximum atomic E-state index is 11.9. The summed E-state index contributed by atoms with van der Waals surface area (Å²) in [4.78, 5) is 44.7. The Labute approximate surface area is 355 Å². The Morgan fingerprint density at radius 3 is 0.557 bits per heavy atom. The van der Waals surface area contributed by atoms with Gasteiger partial charge in [0, 0.05) is 72.4 Å². The molecule has 0 radical (unpaired) electrons. The molecule has 0 bridgehead atoms. The molecule has 4 N–H and O–H groups in total. The third-order valence-corrected chi connectivity index (χ3v) is 6.47. The normalized spacial score (nSPS) is 12.4. The molecule has 0 aliphatic rings. The second kappa shape index (κ2) is 24.7. The van der Waals surface area contributed by atoms with Gasteiger partial charge in [0.1, 0.15) is 0 Å². The fourth-order valence-electron chi connectivity index (χ4n) is 3.57. The number of aliphatic hydroxyl groups excluding tert-OH is 4. The number of ketones is 4. The van der Waals surface area contributed by atoms with Gasteiger partial charge in [0.2, 0.25) is 23.0 Å². The predicted octanol–water partition coefficient (Wildman–Crippen LogP) is 11.5. The van der Waals surface area contributed by atoms with Crippen molar-refractivity contribution in [3.05, 3.63) is 191 Å². The quantitative estimate of drug-likeness (QED) is 0.0448. The molecular formula is C40H28F12HfO8. The Kier molecular flexibility index (Phi) is 22.2. The van der Waals surface area contributed by atoms with Crippen LogP contribution >= 0.6 is 0 Å². The molecule has 8 nitrogen and oxygen atoms in total. The Morgan fingerprint density at radius 2 is 0.443 bits per heavy atom. The number of hydrogen-bond donors (Lipinski definition) is 4. The molecular weight excluding hydrogens is 1010 g/mol. The van der Waals surface area contributed by atoms with Crippen molar-refractivity contribution in [3.63, 3.8) is 0 Å². The zero-order valence-corrected chi connectivity index (χ0v) is 33.9. The Balaban J connectivity index is 0.000000783. The summed E-state index contributed by atoms with van der Waals surface area (Å²) in [7, 11) is 0. The van der Waals surface area contributed by atoms with Crippen molar-refractivity contribution in [2.75, 3.05) is 0 Å². The molecule has 0 heterocycles. The SMILES string of the molecule is O=C(/C=C(\O)C(F)(F)F)c1ccccc1.O=C(/C=C(\O)C(F)(F)F)c1ccccc1.O=C(/C=C(\O)C(F)(F)F)c1ccccc1.O=C(/C=C(\O)C(F)(F)F)c1ccccc1.[Hf]. The van der Waals surface area contributed by atoms with Gasteiger partial charge in [0.25, 0.3) is 0 Å². The average Bonchev–Trinajstić information content (AvgIpc) is 3.18. The number of rotatable bonds is 8. The summed E-state index contributed by atoms with van der Waals surface area (Å²) in [5.41, 5.74) is 0.364. The van der Waals surface area contributed by atoms with E-state index in [1.54, 1.807) is 24.3 Å². The summed E-state index contributed by atoms with van der Waals surface area (Å²) in [6, 6.07) is 29.6. The molecule has 4 aromatic rings. The van der Waals surface area contributed by atoms with Gasteiger partial charge in [0.05, 0.1) is 0 Å². The number of carbonyl (C=O) groups excluding carboxylic acids is 4. The van der Waals surface area contributed by atoms with Crippen LogP contribution in [0.2, 0.25) is 0 Å². The average molecular weight is 1040 g/mol. The Morgan fingerprint density at radius 1 is 0.311 bits per heavy atom. The largest absolute Gasteiger partial charge is 0.504 e. The van der Waals surface area contributed by atoms with E-state index in [0.29, 0.717) is 0 Å². The van der Waals surface area contributed by atoms with E-state index in [9.17, 15) is 71.9 Å². The predicted molar refractivity (Wildman–Crippen MR) is 190 cm³/mol. The first-order valence-electron chi connectivity index (χ1n) is 15.9. The Hall–Kier alpha value is -6.25.